The molecular formula is C15H20ClN5O2. The maximum atomic E-state index is 12.1. The van der Waals surface area contributed by atoms with Crippen LogP contribution in [0.25, 0.3) is 0 Å². The van der Waals surface area contributed by atoms with Gasteiger partial charge in [-0.3, -0.25) is 4.68 Å². The fourth-order valence-corrected chi connectivity index (χ4v) is 2.22. The molecule has 23 heavy (non-hydrogen) atoms. The van der Waals surface area contributed by atoms with E-state index < -0.39 is 0 Å². The highest BCUT2D eigenvalue weighted by Crippen LogP contribution is 2.33. The molecule has 1 atom stereocenters. The number of hydrogen-bond acceptors (Lipinski definition) is 4. The van der Waals surface area contributed by atoms with Gasteiger partial charge in [0, 0.05) is 6.04 Å². The van der Waals surface area contributed by atoms with Crippen LogP contribution >= 0.6 is 11.6 Å². The second-order valence-corrected chi connectivity index (χ2v) is 5.81. The van der Waals surface area contributed by atoms with Gasteiger partial charge in [-0.2, -0.15) is 5.10 Å². The SMILES string of the molecule is CC(C)Oc1c(Cl)cccc1NC(=O)N[C@@H](C)Cn1cncn1. The van der Waals surface area contributed by atoms with Gasteiger partial charge in [0.15, 0.2) is 5.75 Å². The topological polar surface area (TPSA) is 81.1 Å². The van der Waals surface area contributed by atoms with Gasteiger partial charge in [0.2, 0.25) is 0 Å². The van der Waals surface area contributed by atoms with Gasteiger partial charge < -0.3 is 15.4 Å². The maximum absolute atomic E-state index is 12.1. The van der Waals surface area contributed by atoms with E-state index in [9.17, 15) is 4.79 Å². The van der Waals surface area contributed by atoms with E-state index in [-0.39, 0.29) is 18.2 Å². The molecule has 7 nitrogen and oxygen atoms in total. The first-order valence-corrected chi connectivity index (χ1v) is 7.68. The molecule has 8 heteroatoms. The van der Waals surface area contributed by atoms with Gasteiger partial charge >= 0.3 is 6.03 Å². The number of aromatic nitrogens is 3. The lowest BCUT2D eigenvalue weighted by molar-refractivity contribution is 0.240. The van der Waals surface area contributed by atoms with Crippen LogP contribution in [0.15, 0.2) is 30.9 Å². The first kappa shape index (κ1) is 17.1. The Morgan fingerprint density at radius 1 is 1.39 bits per heavy atom. The highest BCUT2D eigenvalue weighted by Gasteiger charge is 2.14. The Balaban J connectivity index is 1.98. The first-order chi connectivity index (χ1) is 11.0. The van der Waals surface area contributed by atoms with Crippen molar-refractivity contribution in [3.05, 3.63) is 35.9 Å². The van der Waals surface area contributed by atoms with Crippen molar-refractivity contribution in [1.29, 1.82) is 0 Å². The summed E-state index contributed by atoms with van der Waals surface area (Å²) in [5, 5.41) is 10.0. The molecule has 0 spiro atoms. The molecular weight excluding hydrogens is 318 g/mol. The first-order valence-electron chi connectivity index (χ1n) is 7.30. The van der Waals surface area contributed by atoms with Crippen LogP contribution in [0.5, 0.6) is 5.75 Å². The van der Waals surface area contributed by atoms with Gasteiger partial charge in [0.05, 0.1) is 23.4 Å². The molecule has 0 aliphatic carbocycles. The van der Waals surface area contributed by atoms with E-state index in [1.807, 2.05) is 20.8 Å². The Hall–Kier alpha value is -2.28. The minimum atomic E-state index is -0.339. The lowest BCUT2D eigenvalue weighted by Crippen LogP contribution is -2.38. The summed E-state index contributed by atoms with van der Waals surface area (Å²) in [5.41, 5.74) is 0.525. The summed E-state index contributed by atoms with van der Waals surface area (Å²) in [7, 11) is 0. The van der Waals surface area contributed by atoms with Crippen LogP contribution in [0.2, 0.25) is 5.02 Å². The van der Waals surface area contributed by atoms with Crippen LogP contribution in [0.3, 0.4) is 0 Å². The van der Waals surface area contributed by atoms with Gasteiger partial charge in [-0.15, -0.1) is 0 Å². The summed E-state index contributed by atoms with van der Waals surface area (Å²) in [6, 6.07) is 4.75. The van der Waals surface area contributed by atoms with Crippen LogP contribution in [0, 0.1) is 0 Å². The summed E-state index contributed by atoms with van der Waals surface area (Å²) < 4.78 is 7.32. The Kier molecular flexibility index (Phi) is 5.81. The van der Waals surface area contributed by atoms with Gasteiger partial charge in [-0.1, -0.05) is 17.7 Å². The average Bonchev–Trinajstić information content (AvgIpc) is 2.94. The fraction of sp³-hybridized carbons (Fsp3) is 0.400. The molecule has 2 rings (SSSR count). The third-order valence-corrected chi connectivity index (χ3v) is 3.17. The number of para-hydroxylation sites is 1. The number of nitrogens with one attached hydrogen (secondary N) is 2. The van der Waals surface area contributed by atoms with E-state index >= 15 is 0 Å². The van der Waals surface area contributed by atoms with Crippen molar-refractivity contribution in [3.8, 4) is 5.75 Å². The Bertz CT molecular complexity index is 645. The molecule has 2 amide bonds. The molecule has 0 aliphatic rings. The molecule has 0 unspecified atom stereocenters. The Morgan fingerprint density at radius 3 is 2.83 bits per heavy atom. The number of benzene rings is 1. The Labute approximate surface area is 140 Å². The van der Waals surface area contributed by atoms with E-state index in [0.717, 1.165) is 0 Å². The monoisotopic (exact) mass is 337 g/mol. The molecule has 124 valence electrons. The summed E-state index contributed by atoms with van der Waals surface area (Å²) in [6.07, 6.45) is 3.00. The van der Waals surface area contributed by atoms with Crippen LogP contribution < -0.4 is 15.4 Å². The van der Waals surface area contributed by atoms with Gasteiger partial charge in [0.25, 0.3) is 0 Å². The summed E-state index contributed by atoms with van der Waals surface area (Å²) in [6.45, 7) is 6.20. The minimum absolute atomic E-state index is 0.0512. The van der Waals surface area contributed by atoms with Crippen LogP contribution in [0.4, 0.5) is 10.5 Å². The van der Waals surface area contributed by atoms with Crippen LogP contribution in [0.1, 0.15) is 20.8 Å². The molecule has 0 fully saturated rings. The molecule has 1 aromatic carbocycles. The van der Waals surface area contributed by atoms with Crippen molar-refractivity contribution in [2.24, 2.45) is 0 Å². The summed E-state index contributed by atoms with van der Waals surface area (Å²) in [4.78, 5) is 16.0. The number of halogens is 1. The number of amides is 2. The second-order valence-electron chi connectivity index (χ2n) is 5.40. The molecule has 0 saturated carbocycles. The standard InChI is InChI=1S/C15H20ClN5O2/c1-10(2)23-14-12(16)5-4-6-13(14)20-15(22)19-11(3)7-21-9-17-8-18-21/h4-6,8-11H,7H2,1-3H3,(H2,19,20,22)/t11-/m0/s1. The van der Waals surface area contributed by atoms with Gasteiger partial charge in [0.1, 0.15) is 12.7 Å². The second kappa shape index (κ2) is 7.82. The zero-order valence-corrected chi connectivity index (χ0v) is 14.0. The smallest absolute Gasteiger partial charge is 0.319 e. The third kappa shape index (κ3) is 5.14. The van der Waals surface area contributed by atoms with Gasteiger partial charge in [-0.05, 0) is 32.9 Å². The predicted molar refractivity (Wildman–Crippen MR) is 88.9 cm³/mol. The van der Waals surface area contributed by atoms with Crippen LogP contribution in [-0.4, -0.2) is 32.9 Å². The Morgan fingerprint density at radius 2 is 2.17 bits per heavy atom. The number of nitrogens with zero attached hydrogens (tertiary/aromatic N) is 3. The molecule has 2 aromatic rings. The lowest BCUT2D eigenvalue weighted by atomic mass is 10.3. The quantitative estimate of drug-likeness (QED) is 0.849. The fourth-order valence-electron chi connectivity index (χ4n) is 2.00. The van der Waals surface area contributed by atoms with Crippen molar-refractivity contribution in [3.63, 3.8) is 0 Å². The van der Waals surface area contributed by atoms with Crippen molar-refractivity contribution < 1.29 is 9.53 Å². The number of hydrogen-bond donors (Lipinski definition) is 2. The van der Waals surface area contributed by atoms with Crippen molar-refractivity contribution in [1.82, 2.24) is 20.1 Å². The molecule has 1 aromatic heterocycles. The summed E-state index contributed by atoms with van der Waals surface area (Å²) >= 11 is 6.14. The van der Waals surface area contributed by atoms with Crippen molar-refractivity contribution in [2.45, 2.75) is 39.5 Å². The molecule has 0 aliphatic heterocycles. The number of carbonyl (C=O) groups excluding carboxylic acids is 1. The van der Waals surface area contributed by atoms with Crippen molar-refractivity contribution >= 4 is 23.3 Å². The normalized spacial score (nSPS) is 12.0. The number of urea groups is 1. The maximum Gasteiger partial charge on any atom is 0.319 e. The number of ether oxygens (including phenoxy) is 1. The molecule has 0 bridgehead atoms. The van der Waals surface area contributed by atoms with E-state index in [0.29, 0.717) is 23.0 Å². The predicted octanol–water partition coefficient (Wildman–Crippen LogP) is 2.93. The zero-order valence-electron chi connectivity index (χ0n) is 13.3. The molecule has 0 saturated heterocycles. The largest absolute Gasteiger partial charge is 0.487 e. The number of anilines is 1. The molecule has 1 heterocycles. The van der Waals surface area contributed by atoms with E-state index in [1.54, 1.807) is 29.2 Å². The number of rotatable bonds is 6. The van der Waals surface area contributed by atoms with E-state index in [1.165, 1.54) is 6.33 Å². The van der Waals surface area contributed by atoms with E-state index in [2.05, 4.69) is 20.7 Å². The zero-order chi connectivity index (χ0) is 16.8. The highest BCUT2D eigenvalue weighted by molar-refractivity contribution is 6.32. The average molecular weight is 338 g/mol. The lowest BCUT2D eigenvalue weighted by Gasteiger charge is -2.18. The van der Waals surface area contributed by atoms with E-state index in [4.69, 9.17) is 16.3 Å². The minimum Gasteiger partial charge on any atom is -0.487 e. The number of carbonyl (C=O) groups is 1. The van der Waals surface area contributed by atoms with Gasteiger partial charge in [-0.25, -0.2) is 9.78 Å². The molecule has 0 radical (unpaired) electrons. The summed E-state index contributed by atoms with van der Waals surface area (Å²) in [5.74, 6) is 0.461. The van der Waals surface area contributed by atoms with Crippen molar-refractivity contribution in [2.75, 3.05) is 5.32 Å². The molecule has 2 N–H and O–H groups in total. The van der Waals surface area contributed by atoms with Crippen LogP contribution in [-0.2, 0) is 6.54 Å². The highest BCUT2D eigenvalue weighted by atomic mass is 35.5. The third-order valence-electron chi connectivity index (χ3n) is 2.87.